The van der Waals surface area contributed by atoms with Gasteiger partial charge in [-0.05, 0) is 58.9 Å². The zero-order chi connectivity index (χ0) is 13.3. The highest BCUT2D eigenvalue weighted by molar-refractivity contribution is 4.95. The number of aliphatic hydroxyl groups excluding tert-OH is 1. The Morgan fingerprint density at radius 3 is 2.28 bits per heavy atom. The number of fused-ring (bicyclic) bond motifs is 2. The van der Waals surface area contributed by atoms with E-state index in [2.05, 4.69) is 37.9 Å². The van der Waals surface area contributed by atoms with Crippen molar-refractivity contribution in [1.29, 1.82) is 0 Å². The van der Waals surface area contributed by atoms with Gasteiger partial charge in [0, 0.05) is 24.2 Å². The summed E-state index contributed by atoms with van der Waals surface area (Å²) in [6.45, 7) is 11.3. The summed E-state index contributed by atoms with van der Waals surface area (Å²) in [4.78, 5) is 2.67. The van der Waals surface area contributed by atoms with Crippen molar-refractivity contribution in [2.75, 3.05) is 13.1 Å². The van der Waals surface area contributed by atoms with Crippen LogP contribution in [0.5, 0.6) is 0 Å². The van der Waals surface area contributed by atoms with Crippen LogP contribution in [0.2, 0.25) is 0 Å². The minimum Gasteiger partial charge on any atom is -0.393 e. The van der Waals surface area contributed by atoms with E-state index in [0.29, 0.717) is 18.0 Å². The highest BCUT2D eigenvalue weighted by atomic mass is 16.3. The predicted octanol–water partition coefficient (Wildman–Crippen LogP) is 2.00. The minimum absolute atomic E-state index is 0.0400. The van der Waals surface area contributed by atoms with E-state index in [1.54, 1.807) is 0 Å². The van der Waals surface area contributed by atoms with Crippen LogP contribution < -0.4 is 5.32 Å². The smallest absolute Gasteiger partial charge is 0.0570 e. The van der Waals surface area contributed by atoms with E-state index in [-0.39, 0.29) is 11.6 Å². The van der Waals surface area contributed by atoms with Gasteiger partial charge in [0.05, 0.1) is 6.10 Å². The fourth-order valence-corrected chi connectivity index (χ4v) is 3.45. The first-order chi connectivity index (χ1) is 8.35. The lowest BCUT2D eigenvalue weighted by molar-refractivity contribution is 0.0279. The van der Waals surface area contributed by atoms with Crippen molar-refractivity contribution in [2.45, 2.75) is 77.1 Å². The molecule has 0 aromatic rings. The van der Waals surface area contributed by atoms with Crippen LogP contribution in [0.1, 0.15) is 53.4 Å². The molecule has 2 rings (SSSR count). The molecule has 18 heavy (non-hydrogen) atoms. The third kappa shape index (κ3) is 3.69. The van der Waals surface area contributed by atoms with Gasteiger partial charge in [0.1, 0.15) is 0 Å². The van der Waals surface area contributed by atoms with Crippen LogP contribution in [0.25, 0.3) is 0 Å². The largest absolute Gasteiger partial charge is 0.393 e. The zero-order valence-electron chi connectivity index (χ0n) is 12.4. The minimum atomic E-state index is -0.0400. The third-order valence-electron chi connectivity index (χ3n) is 4.36. The molecule has 0 spiro atoms. The van der Waals surface area contributed by atoms with Gasteiger partial charge in [0.2, 0.25) is 0 Å². The summed E-state index contributed by atoms with van der Waals surface area (Å²) in [6, 6.07) is 1.30. The van der Waals surface area contributed by atoms with Crippen molar-refractivity contribution in [2.24, 2.45) is 5.92 Å². The van der Waals surface area contributed by atoms with Crippen molar-refractivity contribution in [1.82, 2.24) is 10.2 Å². The molecule has 106 valence electrons. The molecule has 0 aromatic heterocycles. The molecule has 0 aliphatic carbocycles. The molecule has 3 nitrogen and oxygen atoms in total. The molecule has 3 unspecified atom stereocenters. The molecule has 2 aliphatic heterocycles. The van der Waals surface area contributed by atoms with Crippen LogP contribution in [0.15, 0.2) is 0 Å². The average molecular weight is 254 g/mol. The maximum atomic E-state index is 9.81. The van der Waals surface area contributed by atoms with Gasteiger partial charge in [0.15, 0.2) is 0 Å². The Kier molecular flexibility index (Phi) is 4.35. The summed E-state index contributed by atoms with van der Waals surface area (Å²) < 4.78 is 0. The summed E-state index contributed by atoms with van der Waals surface area (Å²) in [5.74, 6) is 0.683. The van der Waals surface area contributed by atoms with Crippen LogP contribution in [0.4, 0.5) is 0 Å². The molecular formula is C15H30N2O. The van der Waals surface area contributed by atoms with Gasteiger partial charge < -0.3 is 10.4 Å². The fraction of sp³-hybridized carbons (Fsp3) is 1.00. The highest BCUT2D eigenvalue weighted by Gasteiger charge is 2.40. The molecular weight excluding hydrogens is 224 g/mol. The van der Waals surface area contributed by atoms with Crippen LogP contribution in [0.3, 0.4) is 0 Å². The number of rotatable bonds is 4. The van der Waals surface area contributed by atoms with Crippen LogP contribution in [0, 0.1) is 5.92 Å². The second-order valence-corrected chi connectivity index (χ2v) is 7.44. The molecule has 2 aliphatic rings. The second kappa shape index (κ2) is 5.48. The van der Waals surface area contributed by atoms with Crippen LogP contribution in [-0.2, 0) is 0 Å². The Labute approximate surface area is 112 Å². The normalized spacial score (nSPS) is 34.8. The van der Waals surface area contributed by atoms with Crippen molar-refractivity contribution < 1.29 is 5.11 Å². The van der Waals surface area contributed by atoms with Gasteiger partial charge in [-0.25, -0.2) is 0 Å². The molecule has 3 heteroatoms. The number of nitrogens with zero attached hydrogens (tertiary/aromatic N) is 1. The number of piperidine rings is 1. The van der Waals surface area contributed by atoms with Gasteiger partial charge in [-0.3, -0.25) is 4.90 Å². The lowest BCUT2D eigenvalue weighted by atomic mass is 9.98. The van der Waals surface area contributed by atoms with Gasteiger partial charge in [0.25, 0.3) is 0 Å². The van der Waals surface area contributed by atoms with Crippen LogP contribution in [-0.4, -0.2) is 46.8 Å². The molecule has 0 aromatic carbocycles. The maximum absolute atomic E-state index is 9.81. The summed E-state index contributed by atoms with van der Waals surface area (Å²) in [5, 5.41) is 13.4. The number of aliphatic hydroxyl groups is 1. The third-order valence-corrected chi connectivity index (χ3v) is 4.36. The zero-order valence-corrected chi connectivity index (χ0v) is 12.4. The Bertz CT molecular complexity index is 260. The molecule has 2 fully saturated rings. The molecule has 3 atom stereocenters. The number of hydrogen-bond acceptors (Lipinski definition) is 3. The van der Waals surface area contributed by atoms with Crippen molar-refractivity contribution in [3.8, 4) is 0 Å². The predicted molar refractivity (Wildman–Crippen MR) is 75.7 cm³/mol. The monoisotopic (exact) mass is 254 g/mol. The first kappa shape index (κ1) is 14.3. The average Bonchev–Trinajstić information content (AvgIpc) is 2.47. The quantitative estimate of drug-likeness (QED) is 0.805. The van der Waals surface area contributed by atoms with E-state index < -0.39 is 0 Å². The molecule has 2 heterocycles. The summed E-state index contributed by atoms with van der Waals surface area (Å²) in [7, 11) is 0. The Morgan fingerprint density at radius 1 is 1.22 bits per heavy atom. The number of hydrogen-bond donors (Lipinski definition) is 2. The van der Waals surface area contributed by atoms with Gasteiger partial charge in [-0.2, -0.15) is 0 Å². The molecule has 2 saturated heterocycles. The molecule has 0 saturated carbocycles. The standard InChI is InChI=1S/C15H30N2O/c1-11(9-16-15(2,3)4)10-17-12-5-6-13(17)8-14(18)7-12/h11-14,16,18H,5-10H2,1-4H3. The van der Waals surface area contributed by atoms with E-state index in [1.807, 2.05) is 0 Å². The van der Waals surface area contributed by atoms with E-state index >= 15 is 0 Å². The molecule has 2 bridgehead atoms. The fourth-order valence-electron chi connectivity index (χ4n) is 3.45. The van der Waals surface area contributed by atoms with Crippen LogP contribution >= 0.6 is 0 Å². The summed E-state index contributed by atoms with van der Waals surface area (Å²) in [6.07, 6.45) is 4.54. The Hall–Kier alpha value is -0.120. The van der Waals surface area contributed by atoms with Crippen molar-refractivity contribution in [3.63, 3.8) is 0 Å². The van der Waals surface area contributed by atoms with Crippen molar-refractivity contribution >= 4 is 0 Å². The van der Waals surface area contributed by atoms with E-state index in [0.717, 1.165) is 19.4 Å². The lowest BCUT2D eigenvalue weighted by Gasteiger charge is -2.39. The molecule has 0 radical (unpaired) electrons. The summed E-state index contributed by atoms with van der Waals surface area (Å²) in [5.41, 5.74) is 0.214. The highest BCUT2D eigenvalue weighted by Crippen LogP contribution is 2.36. The first-order valence-electron chi connectivity index (χ1n) is 7.54. The molecule has 2 N–H and O–H groups in total. The van der Waals surface area contributed by atoms with E-state index in [1.165, 1.54) is 19.4 Å². The van der Waals surface area contributed by atoms with E-state index in [9.17, 15) is 5.11 Å². The maximum Gasteiger partial charge on any atom is 0.0570 e. The van der Waals surface area contributed by atoms with Gasteiger partial charge >= 0.3 is 0 Å². The first-order valence-corrected chi connectivity index (χ1v) is 7.54. The Morgan fingerprint density at radius 2 is 1.78 bits per heavy atom. The topological polar surface area (TPSA) is 35.5 Å². The van der Waals surface area contributed by atoms with E-state index in [4.69, 9.17) is 0 Å². The van der Waals surface area contributed by atoms with Crippen molar-refractivity contribution in [3.05, 3.63) is 0 Å². The van der Waals surface area contributed by atoms with Gasteiger partial charge in [-0.1, -0.05) is 6.92 Å². The Balaban J connectivity index is 1.79. The summed E-state index contributed by atoms with van der Waals surface area (Å²) >= 11 is 0. The lowest BCUT2D eigenvalue weighted by Crippen LogP contribution is -2.48. The molecule has 0 amide bonds. The number of nitrogens with one attached hydrogen (secondary N) is 1. The SMILES string of the molecule is CC(CNC(C)(C)C)CN1C2CCC1CC(O)C2. The van der Waals surface area contributed by atoms with Gasteiger partial charge in [-0.15, -0.1) is 0 Å². The second-order valence-electron chi connectivity index (χ2n) is 7.44.